The lowest BCUT2D eigenvalue weighted by molar-refractivity contribution is 0.0920. The number of hydrogen-bond donors (Lipinski definition) is 2. The van der Waals surface area contributed by atoms with Crippen molar-refractivity contribution in [1.29, 1.82) is 0 Å². The Morgan fingerprint density at radius 3 is 3.05 bits per heavy atom. The molecule has 6 heteroatoms. The summed E-state index contributed by atoms with van der Waals surface area (Å²) in [5.74, 6) is -0.116. The monoisotopic (exact) mass is 301 g/mol. The Kier molecular flexibility index (Phi) is 4.50. The molecule has 2 atom stereocenters. The first-order valence-electron chi connectivity index (χ1n) is 7.31. The summed E-state index contributed by atoms with van der Waals surface area (Å²) in [5.41, 5.74) is 1.63. The number of nitrogens with zero attached hydrogens (tertiary/aromatic N) is 2. The van der Waals surface area contributed by atoms with Crippen LogP contribution >= 0.6 is 0 Å². The maximum atomic E-state index is 12.2. The Bertz CT molecular complexity index is 600. The lowest BCUT2D eigenvalue weighted by atomic mass is 10.0. The number of hydrogen-bond acceptors (Lipinski definition) is 5. The van der Waals surface area contributed by atoms with Crippen LogP contribution in [0.1, 0.15) is 15.9 Å². The van der Waals surface area contributed by atoms with Gasteiger partial charge in [0.2, 0.25) is 0 Å². The molecule has 0 aliphatic carbocycles. The van der Waals surface area contributed by atoms with Crippen LogP contribution in [0.4, 0.5) is 0 Å². The molecule has 1 saturated heterocycles. The zero-order chi connectivity index (χ0) is 15.4. The fraction of sp³-hybridized carbons (Fsp3) is 0.375. The molecule has 1 amide bonds. The lowest BCUT2D eigenvalue weighted by Crippen LogP contribution is -2.41. The smallest absolute Gasteiger partial charge is 0.253 e. The van der Waals surface area contributed by atoms with Crippen LogP contribution in [-0.2, 0) is 6.54 Å². The minimum atomic E-state index is -0.151. The largest absolute Gasteiger partial charge is 0.472 e. The highest BCUT2D eigenvalue weighted by molar-refractivity contribution is 5.94. The Balaban J connectivity index is 1.61. The number of carbonyl (C=O) groups excluding carboxylic acids is 1. The molecule has 0 aromatic carbocycles. The SMILES string of the molecule is O=C(N[C@@H]1CN(Cc2ccoc2)C[C@H]1CO)c1cccnc1. The first-order valence-corrected chi connectivity index (χ1v) is 7.31. The molecule has 22 heavy (non-hydrogen) atoms. The van der Waals surface area contributed by atoms with Crippen molar-refractivity contribution in [2.45, 2.75) is 12.6 Å². The summed E-state index contributed by atoms with van der Waals surface area (Å²) >= 11 is 0. The van der Waals surface area contributed by atoms with Crippen molar-refractivity contribution in [1.82, 2.24) is 15.2 Å². The molecule has 2 aromatic rings. The molecule has 0 saturated carbocycles. The third-order valence-corrected chi connectivity index (χ3v) is 3.98. The number of furan rings is 1. The van der Waals surface area contributed by atoms with Crippen LogP contribution in [0.25, 0.3) is 0 Å². The number of pyridine rings is 1. The molecule has 0 bridgehead atoms. The second kappa shape index (κ2) is 6.72. The first-order chi connectivity index (χ1) is 10.8. The van der Waals surface area contributed by atoms with E-state index in [0.717, 1.165) is 18.7 Å². The number of amides is 1. The van der Waals surface area contributed by atoms with Gasteiger partial charge in [-0.2, -0.15) is 0 Å². The van der Waals surface area contributed by atoms with Crippen LogP contribution < -0.4 is 5.32 Å². The number of aliphatic hydroxyl groups excluding tert-OH is 1. The highest BCUT2D eigenvalue weighted by Crippen LogP contribution is 2.19. The van der Waals surface area contributed by atoms with Gasteiger partial charge in [-0.05, 0) is 18.2 Å². The maximum absolute atomic E-state index is 12.2. The van der Waals surface area contributed by atoms with E-state index < -0.39 is 0 Å². The van der Waals surface area contributed by atoms with Gasteiger partial charge in [0.05, 0.1) is 18.1 Å². The molecule has 0 spiro atoms. The van der Waals surface area contributed by atoms with E-state index in [1.165, 1.54) is 0 Å². The van der Waals surface area contributed by atoms with Gasteiger partial charge in [0.1, 0.15) is 0 Å². The van der Waals surface area contributed by atoms with Crippen molar-refractivity contribution in [3.8, 4) is 0 Å². The molecule has 2 N–H and O–H groups in total. The third-order valence-electron chi connectivity index (χ3n) is 3.98. The number of carbonyl (C=O) groups is 1. The van der Waals surface area contributed by atoms with Gasteiger partial charge in [-0.15, -0.1) is 0 Å². The van der Waals surface area contributed by atoms with Gasteiger partial charge in [0.15, 0.2) is 0 Å². The van der Waals surface area contributed by atoms with Crippen molar-refractivity contribution in [3.05, 3.63) is 54.2 Å². The second-order valence-electron chi connectivity index (χ2n) is 5.59. The molecule has 2 aromatic heterocycles. The van der Waals surface area contributed by atoms with E-state index >= 15 is 0 Å². The van der Waals surface area contributed by atoms with Crippen molar-refractivity contribution in [3.63, 3.8) is 0 Å². The summed E-state index contributed by atoms with van der Waals surface area (Å²) in [6.07, 6.45) is 6.54. The summed E-state index contributed by atoms with van der Waals surface area (Å²) in [7, 11) is 0. The molecule has 3 rings (SSSR count). The molecule has 1 aliphatic rings. The van der Waals surface area contributed by atoms with Crippen LogP contribution in [0.3, 0.4) is 0 Å². The predicted octanol–water partition coefficient (Wildman–Crippen LogP) is 0.897. The van der Waals surface area contributed by atoms with Gasteiger partial charge in [-0.1, -0.05) is 0 Å². The number of nitrogens with one attached hydrogen (secondary N) is 1. The fourth-order valence-electron chi connectivity index (χ4n) is 2.83. The highest BCUT2D eigenvalue weighted by atomic mass is 16.3. The van der Waals surface area contributed by atoms with Crippen molar-refractivity contribution in [2.75, 3.05) is 19.7 Å². The summed E-state index contributed by atoms with van der Waals surface area (Å²) in [4.78, 5) is 18.4. The predicted molar refractivity (Wildman–Crippen MR) is 80.1 cm³/mol. The Labute approximate surface area is 128 Å². The van der Waals surface area contributed by atoms with Gasteiger partial charge in [0, 0.05) is 56.2 Å². The van der Waals surface area contributed by atoms with Crippen molar-refractivity contribution < 1.29 is 14.3 Å². The van der Waals surface area contributed by atoms with Crippen LogP contribution in [0, 0.1) is 5.92 Å². The van der Waals surface area contributed by atoms with Crippen LogP contribution in [0.5, 0.6) is 0 Å². The highest BCUT2D eigenvalue weighted by Gasteiger charge is 2.33. The second-order valence-corrected chi connectivity index (χ2v) is 5.59. The topological polar surface area (TPSA) is 78.6 Å². The van der Waals surface area contributed by atoms with Crippen LogP contribution in [0.2, 0.25) is 0 Å². The van der Waals surface area contributed by atoms with E-state index in [1.54, 1.807) is 37.1 Å². The minimum Gasteiger partial charge on any atom is -0.472 e. The third kappa shape index (κ3) is 3.35. The zero-order valence-corrected chi connectivity index (χ0v) is 12.2. The zero-order valence-electron chi connectivity index (χ0n) is 12.2. The first kappa shape index (κ1) is 14.7. The minimum absolute atomic E-state index is 0.0347. The average Bonchev–Trinajstić information content (AvgIpc) is 3.18. The molecule has 1 fully saturated rings. The van der Waals surface area contributed by atoms with Crippen molar-refractivity contribution in [2.24, 2.45) is 5.92 Å². The standard InChI is InChI=1S/C16H19N3O3/c20-10-14-8-19(7-12-3-5-22-11-12)9-15(14)18-16(21)13-2-1-4-17-6-13/h1-6,11,14-15,20H,7-10H2,(H,18,21)/t14-,15+/m0/s1. The van der Waals surface area contributed by atoms with E-state index in [2.05, 4.69) is 15.2 Å². The molecule has 0 radical (unpaired) electrons. The quantitative estimate of drug-likeness (QED) is 0.858. The normalized spacial score (nSPS) is 21.9. The van der Waals surface area contributed by atoms with E-state index in [0.29, 0.717) is 12.1 Å². The lowest BCUT2D eigenvalue weighted by Gasteiger charge is -2.18. The Morgan fingerprint density at radius 1 is 1.45 bits per heavy atom. The summed E-state index contributed by atoms with van der Waals surface area (Å²) < 4.78 is 5.07. The molecule has 0 unspecified atom stereocenters. The Morgan fingerprint density at radius 2 is 2.36 bits per heavy atom. The Hall–Kier alpha value is -2.18. The van der Waals surface area contributed by atoms with E-state index in [-0.39, 0.29) is 24.5 Å². The van der Waals surface area contributed by atoms with Gasteiger partial charge in [0.25, 0.3) is 5.91 Å². The van der Waals surface area contributed by atoms with Gasteiger partial charge < -0.3 is 14.8 Å². The van der Waals surface area contributed by atoms with Crippen LogP contribution in [-0.4, -0.2) is 46.6 Å². The van der Waals surface area contributed by atoms with E-state index in [9.17, 15) is 9.90 Å². The summed E-state index contributed by atoms with van der Waals surface area (Å²) in [6.45, 7) is 2.27. The molecule has 3 heterocycles. The number of rotatable bonds is 5. The summed E-state index contributed by atoms with van der Waals surface area (Å²) in [6, 6.07) is 5.33. The molecular weight excluding hydrogens is 282 g/mol. The molecule has 1 aliphatic heterocycles. The maximum Gasteiger partial charge on any atom is 0.253 e. The summed E-state index contributed by atoms with van der Waals surface area (Å²) in [5, 5.41) is 12.6. The molecular formula is C16H19N3O3. The van der Waals surface area contributed by atoms with E-state index in [1.807, 2.05) is 6.07 Å². The average molecular weight is 301 g/mol. The van der Waals surface area contributed by atoms with Gasteiger partial charge in [-0.25, -0.2) is 0 Å². The molecule has 6 nitrogen and oxygen atoms in total. The van der Waals surface area contributed by atoms with E-state index in [4.69, 9.17) is 4.42 Å². The fourth-order valence-corrected chi connectivity index (χ4v) is 2.83. The van der Waals surface area contributed by atoms with Crippen LogP contribution in [0.15, 0.2) is 47.5 Å². The van der Waals surface area contributed by atoms with Gasteiger partial charge >= 0.3 is 0 Å². The molecule has 116 valence electrons. The van der Waals surface area contributed by atoms with Crippen molar-refractivity contribution >= 4 is 5.91 Å². The van der Waals surface area contributed by atoms with Gasteiger partial charge in [-0.3, -0.25) is 14.7 Å². The number of aliphatic hydroxyl groups is 1. The number of likely N-dealkylation sites (tertiary alicyclic amines) is 1. The number of aromatic nitrogens is 1.